The number of carboxylic acid groups (broad SMARTS) is 1. The first kappa shape index (κ1) is 8.10. The maximum Gasteiger partial charge on any atom is 0.334 e. The van der Waals surface area contributed by atoms with Gasteiger partial charge in [0.15, 0.2) is 12.3 Å². The van der Waals surface area contributed by atoms with Gasteiger partial charge in [0.25, 0.3) is 0 Å². The van der Waals surface area contributed by atoms with Crippen LogP contribution >= 0.6 is 0 Å². The lowest BCUT2D eigenvalue weighted by atomic mass is 10.1. The minimum absolute atomic E-state index is 0.158. The number of carbonyl (C=O) groups excluding carboxylic acids is 1. The summed E-state index contributed by atoms with van der Waals surface area (Å²) >= 11 is 0. The summed E-state index contributed by atoms with van der Waals surface area (Å²) in [5, 5.41) is 8.84. The van der Waals surface area contributed by atoms with E-state index >= 15 is 0 Å². The minimum atomic E-state index is -1.04. The molecule has 5 heteroatoms. The number of fused-ring (bicyclic) bond motifs is 1. The number of nitrogens with zero attached hydrogens (tertiary/aromatic N) is 1. The molecule has 2 saturated heterocycles. The summed E-state index contributed by atoms with van der Waals surface area (Å²) in [6.07, 6.45) is 1.53. The van der Waals surface area contributed by atoms with E-state index in [0.29, 0.717) is 12.2 Å². The summed E-state index contributed by atoms with van der Waals surface area (Å²) in [5.41, 5.74) is 0. The summed E-state index contributed by atoms with van der Waals surface area (Å²) in [6, 6.07) is -0.906. The zero-order valence-corrected chi connectivity index (χ0v) is 7.06. The fraction of sp³-hybridized carbons (Fsp3) is 0.500. The highest BCUT2D eigenvalue weighted by atomic mass is 16.5. The van der Waals surface area contributed by atoms with Crippen LogP contribution in [0.5, 0.6) is 0 Å². The van der Waals surface area contributed by atoms with E-state index in [2.05, 4.69) is 0 Å². The van der Waals surface area contributed by atoms with Crippen molar-refractivity contribution < 1.29 is 19.4 Å². The van der Waals surface area contributed by atoms with Gasteiger partial charge in [0.05, 0.1) is 6.42 Å². The molecule has 0 bridgehead atoms. The molecule has 2 heterocycles. The Morgan fingerprint density at radius 2 is 2.46 bits per heavy atom. The highest BCUT2D eigenvalue weighted by Crippen LogP contribution is 2.36. The molecule has 2 fully saturated rings. The van der Waals surface area contributed by atoms with E-state index in [9.17, 15) is 9.59 Å². The molecule has 1 N–H and O–H groups in total. The topological polar surface area (TPSA) is 66.8 Å². The molecule has 0 aromatic carbocycles. The normalized spacial score (nSPS) is 34.1. The lowest BCUT2D eigenvalue weighted by molar-refractivity contribution is -0.163. The first-order chi connectivity index (χ1) is 6.15. The van der Waals surface area contributed by atoms with Crippen LogP contribution in [0, 0.1) is 0 Å². The predicted octanol–water partition coefficient (Wildman–Crippen LogP) is -0.0680. The highest BCUT2D eigenvalue weighted by molar-refractivity contribution is 5.91. The summed E-state index contributed by atoms with van der Waals surface area (Å²) < 4.78 is 5.24. The van der Waals surface area contributed by atoms with Crippen molar-refractivity contribution in [3.05, 3.63) is 11.8 Å². The monoisotopic (exact) mass is 183 g/mol. The van der Waals surface area contributed by atoms with Crippen molar-refractivity contribution >= 4 is 11.9 Å². The maximum atomic E-state index is 11.0. The van der Waals surface area contributed by atoms with Crippen LogP contribution in [0.25, 0.3) is 0 Å². The van der Waals surface area contributed by atoms with Crippen molar-refractivity contribution in [3.8, 4) is 0 Å². The third kappa shape index (κ3) is 0.929. The smallest absolute Gasteiger partial charge is 0.334 e. The number of allylic oxidation sites excluding steroid dienone is 1. The fourth-order valence-corrected chi connectivity index (χ4v) is 1.64. The lowest BCUT2D eigenvalue weighted by Crippen LogP contribution is -2.54. The fourth-order valence-electron chi connectivity index (χ4n) is 1.64. The average Bonchev–Trinajstić information content (AvgIpc) is 2.37. The van der Waals surface area contributed by atoms with Crippen LogP contribution < -0.4 is 0 Å². The third-order valence-electron chi connectivity index (χ3n) is 2.29. The van der Waals surface area contributed by atoms with Gasteiger partial charge in [0.2, 0.25) is 5.91 Å². The number of hydrogen-bond donors (Lipinski definition) is 1. The summed E-state index contributed by atoms with van der Waals surface area (Å²) in [4.78, 5) is 23.1. The van der Waals surface area contributed by atoms with Crippen molar-refractivity contribution in [2.75, 3.05) is 0 Å². The van der Waals surface area contributed by atoms with Crippen LogP contribution in [0.2, 0.25) is 0 Å². The van der Waals surface area contributed by atoms with Gasteiger partial charge < -0.3 is 9.84 Å². The van der Waals surface area contributed by atoms with E-state index < -0.39 is 12.0 Å². The van der Waals surface area contributed by atoms with E-state index in [4.69, 9.17) is 9.84 Å². The van der Waals surface area contributed by atoms with Crippen LogP contribution in [0.15, 0.2) is 11.8 Å². The van der Waals surface area contributed by atoms with Gasteiger partial charge in [-0.3, -0.25) is 9.69 Å². The van der Waals surface area contributed by atoms with E-state index in [1.807, 2.05) is 0 Å². The van der Waals surface area contributed by atoms with Gasteiger partial charge in [0, 0.05) is 0 Å². The maximum absolute atomic E-state index is 11.0. The Kier molecular flexibility index (Phi) is 1.55. The molecule has 1 amide bonds. The zero-order valence-electron chi connectivity index (χ0n) is 7.06. The molecule has 0 aromatic rings. The minimum Gasteiger partial charge on any atom is -0.479 e. The van der Waals surface area contributed by atoms with Crippen LogP contribution in [-0.2, 0) is 14.3 Å². The number of rotatable bonds is 1. The van der Waals surface area contributed by atoms with Crippen LogP contribution in [-0.4, -0.2) is 34.2 Å². The molecule has 13 heavy (non-hydrogen) atoms. The van der Waals surface area contributed by atoms with E-state index in [1.165, 1.54) is 4.90 Å². The Labute approximate surface area is 74.6 Å². The Hall–Kier alpha value is -1.52. The molecule has 2 aliphatic rings. The second-order valence-electron chi connectivity index (χ2n) is 3.01. The van der Waals surface area contributed by atoms with Crippen LogP contribution in [0.4, 0.5) is 0 Å². The summed E-state index contributed by atoms with van der Waals surface area (Å²) in [6.45, 7) is 1.70. The number of carbonyl (C=O) groups is 2. The van der Waals surface area contributed by atoms with Gasteiger partial charge in [-0.1, -0.05) is 0 Å². The Balaban J connectivity index is 2.30. The van der Waals surface area contributed by atoms with Gasteiger partial charge in [-0.15, -0.1) is 0 Å². The van der Waals surface area contributed by atoms with Gasteiger partial charge in [-0.05, 0) is 13.0 Å². The summed E-state index contributed by atoms with van der Waals surface area (Å²) in [7, 11) is 0. The molecule has 2 rings (SSSR count). The molecule has 2 aliphatic heterocycles. The van der Waals surface area contributed by atoms with Gasteiger partial charge in [-0.2, -0.15) is 0 Å². The van der Waals surface area contributed by atoms with E-state index in [1.54, 1.807) is 13.0 Å². The number of carboxylic acids is 1. The van der Waals surface area contributed by atoms with E-state index in [0.717, 1.165) is 0 Å². The second-order valence-corrected chi connectivity index (χ2v) is 3.01. The molecule has 2 unspecified atom stereocenters. The van der Waals surface area contributed by atoms with Gasteiger partial charge in [-0.25, -0.2) is 4.79 Å². The number of hydrogen-bond acceptors (Lipinski definition) is 3. The second kappa shape index (κ2) is 2.48. The van der Waals surface area contributed by atoms with Crippen molar-refractivity contribution in [3.63, 3.8) is 0 Å². The standard InChI is InChI=1S/C8H9NO4/c1-2-4-7(8(11)12)9-5(10)3-6(9)13-4/h2,6-7H,3H2,1H3,(H,11,12)/b4-2+. The largest absolute Gasteiger partial charge is 0.479 e. The number of β-lactam (4-membered cyclic amide) rings is 1. The third-order valence-corrected chi connectivity index (χ3v) is 2.29. The number of amides is 1. The number of ether oxygens (including phenoxy) is 1. The van der Waals surface area contributed by atoms with Crippen LogP contribution in [0.1, 0.15) is 13.3 Å². The van der Waals surface area contributed by atoms with Crippen molar-refractivity contribution in [1.29, 1.82) is 0 Å². The molecule has 70 valence electrons. The zero-order chi connectivity index (χ0) is 9.59. The molecule has 0 saturated carbocycles. The first-order valence-corrected chi connectivity index (χ1v) is 4.02. The molecular weight excluding hydrogens is 174 g/mol. The van der Waals surface area contributed by atoms with Crippen molar-refractivity contribution in [2.24, 2.45) is 0 Å². The molecule has 5 nitrogen and oxygen atoms in total. The van der Waals surface area contributed by atoms with Crippen molar-refractivity contribution in [1.82, 2.24) is 4.90 Å². The molecule has 0 aliphatic carbocycles. The van der Waals surface area contributed by atoms with E-state index in [-0.39, 0.29) is 12.1 Å². The molecule has 0 aromatic heterocycles. The SMILES string of the molecule is C/C=C1/OC2CC(=O)N2C1C(=O)O. The first-order valence-electron chi connectivity index (χ1n) is 4.02. The van der Waals surface area contributed by atoms with Gasteiger partial charge in [0.1, 0.15) is 5.76 Å². The molecular formula is C8H9NO4. The summed E-state index contributed by atoms with van der Waals surface area (Å²) in [5.74, 6) is -0.832. The van der Waals surface area contributed by atoms with Crippen LogP contribution in [0.3, 0.4) is 0 Å². The predicted molar refractivity (Wildman–Crippen MR) is 41.5 cm³/mol. The van der Waals surface area contributed by atoms with Crippen molar-refractivity contribution in [2.45, 2.75) is 25.6 Å². The average molecular weight is 183 g/mol. The molecule has 2 atom stereocenters. The molecule has 0 spiro atoms. The Bertz CT molecular complexity index is 309. The molecule has 0 radical (unpaired) electrons. The van der Waals surface area contributed by atoms with Gasteiger partial charge >= 0.3 is 5.97 Å². The lowest BCUT2D eigenvalue weighted by Gasteiger charge is -2.33. The Morgan fingerprint density at radius 3 is 2.92 bits per heavy atom. The quantitative estimate of drug-likeness (QED) is 0.578. The number of aliphatic carboxylic acids is 1. The highest BCUT2D eigenvalue weighted by Gasteiger charge is 2.53. The Morgan fingerprint density at radius 1 is 1.77 bits per heavy atom.